The third-order valence-electron chi connectivity index (χ3n) is 2.39. The van der Waals surface area contributed by atoms with E-state index in [0.29, 0.717) is 0 Å². The molecule has 2 rings (SSSR count). The maximum atomic E-state index is 4.61. The van der Waals surface area contributed by atoms with E-state index in [0.717, 1.165) is 36.6 Å². The molecule has 0 aliphatic carbocycles. The number of nitrogens with zero attached hydrogens (tertiary/aromatic N) is 2. The van der Waals surface area contributed by atoms with Crippen LogP contribution < -0.4 is 5.32 Å². The van der Waals surface area contributed by atoms with Crippen molar-refractivity contribution < 1.29 is 0 Å². The van der Waals surface area contributed by atoms with Gasteiger partial charge in [-0.15, -0.1) is 22.7 Å². The van der Waals surface area contributed by atoms with E-state index in [9.17, 15) is 0 Å². The zero-order chi connectivity index (χ0) is 12.1. The van der Waals surface area contributed by atoms with Crippen molar-refractivity contribution in [1.29, 1.82) is 0 Å². The smallest absolute Gasteiger partial charge is 0.183 e. The van der Waals surface area contributed by atoms with Gasteiger partial charge >= 0.3 is 0 Å². The Morgan fingerprint density at radius 2 is 2.12 bits per heavy atom. The average molecular weight is 267 g/mol. The quantitative estimate of drug-likeness (QED) is 0.858. The van der Waals surface area contributed by atoms with Crippen molar-refractivity contribution in [2.24, 2.45) is 0 Å². The fraction of sp³-hybridized carbons (Fsp3) is 0.500. The highest BCUT2D eigenvalue weighted by Gasteiger charge is 2.11. The second-order valence-corrected chi connectivity index (χ2v) is 5.56. The van der Waals surface area contributed by atoms with Gasteiger partial charge in [0.15, 0.2) is 5.13 Å². The van der Waals surface area contributed by atoms with Crippen LogP contribution in [0.2, 0.25) is 0 Å². The van der Waals surface area contributed by atoms with Crippen LogP contribution in [0.3, 0.4) is 0 Å². The molecule has 0 aliphatic rings. The van der Waals surface area contributed by atoms with E-state index in [1.54, 1.807) is 22.7 Å². The first-order valence-corrected chi connectivity index (χ1v) is 7.73. The summed E-state index contributed by atoms with van der Waals surface area (Å²) < 4.78 is 0. The Balaban J connectivity index is 2.15. The van der Waals surface area contributed by atoms with E-state index in [-0.39, 0.29) is 0 Å². The first-order chi connectivity index (χ1) is 8.35. The molecule has 0 radical (unpaired) electrons. The Bertz CT molecular complexity index is 462. The van der Waals surface area contributed by atoms with Gasteiger partial charge in [0.05, 0.1) is 21.8 Å². The lowest BCUT2D eigenvalue weighted by atomic mass is 10.2. The first-order valence-electron chi connectivity index (χ1n) is 5.97. The molecule has 0 aliphatic heterocycles. The molecule has 0 unspecified atom stereocenters. The van der Waals surface area contributed by atoms with Crippen LogP contribution in [0.15, 0.2) is 10.9 Å². The summed E-state index contributed by atoms with van der Waals surface area (Å²) in [5.74, 6) is 0. The largest absolute Gasteiger partial charge is 0.362 e. The fourth-order valence-electron chi connectivity index (χ4n) is 1.58. The Labute approximate surface area is 110 Å². The first kappa shape index (κ1) is 12.5. The predicted molar refractivity (Wildman–Crippen MR) is 76.0 cm³/mol. The van der Waals surface area contributed by atoms with Gasteiger partial charge in [0.1, 0.15) is 0 Å². The zero-order valence-corrected chi connectivity index (χ0v) is 11.8. The summed E-state index contributed by atoms with van der Waals surface area (Å²) >= 11 is 3.36. The van der Waals surface area contributed by atoms with Gasteiger partial charge in [-0.2, -0.15) is 0 Å². The van der Waals surface area contributed by atoms with Crippen molar-refractivity contribution in [3.8, 4) is 10.6 Å². The minimum atomic E-state index is 0.984. The molecule has 0 fully saturated rings. The van der Waals surface area contributed by atoms with Crippen LogP contribution in [0, 0.1) is 0 Å². The molecule has 0 saturated carbocycles. The highest BCUT2D eigenvalue weighted by Crippen LogP contribution is 2.31. The topological polar surface area (TPSA) is 37.8 Å². The monoisotopic (exact) mass is 267 g/mol. The number of aryl methyl sites for hydroxylation is 1. The highest BCUT2D eigenvalue weighted by molar-refractivity contribution is 7.15. The summed E-state index contributed by atoms with van der Waals surface area (Å²) in [6, 6.07) is 0. The maximum Gasteiger partial charge on any atom is 0.183 e. The summed E-state index contributed by atoms with van der Waals surface area (Å²) in [6.45, 7) is 5.32. The van der Waals surface area contributed by atoms with Crippen LogP contribution in [0.4, 0.5) is 5.13 Å². The van der Waals surface area contributed by atoms with E-state index in [1.807, 2.05) is 5.51 Å². The van der Waals surface area contributed by atoms with Crippen LogP contribution in [0.5, 0.6) is 0 Å². The lowest BCUT2D eigenvalue weighted by Gasteiger charge is -1.98. The van der Waals surface area contributed by atoms with Gasteiger partial charge in [-0.25, -0.2) is 9.97 Å². The van der Waals surface area contributed by atoms with E-state index in [1.165, 1.54) is 10.6 Å². The van der Waals surface area contributed by atoms with Gasteiger partial charge in [-0.3, -0.25) is 0 Å². The van der Waals surface area contributed by atoms with Crippen LogP contribution in [0.25, 0.3) is 10.6 Å². The molecule has 2 aromatic heterocycles. The molecule has 1 N–H and O–H groups in total. The third-order valence-corrected chi connectivity index (χ3v) is 4.08. The SMILES string of the molecule is CCCNc1nc(-c2scnc2CCC)cs1. The molecule has 0 bridgehead atoms. The average Bonchev–Trinajstić information content (AvgIpc) is 2.95. The number of nitrogens with one attached hydrogen (secondary N) is 1. The molecule has 0 atom stereocenters. The molecule has 0 aromatic carbocycles. The van der Waals surface area contributed by atoms with Crippen molar-refractivity contribution in [3.05, 3.63) is 16.6 Å². The number of hydrogen-bond donors (Lipinski definition) is 1. The van der Waals surface area contributed by atoms with Gasteiger partial charge in [-0.1, -0.05) is 20.3 Å². The maximum absolute atomic E-state index is 4.61. The molecule has 3 nitrogen and oxygen atoms in total. The number of thiazole rings is 2. The van der Waals surface area contributed by atoms with Gasteiger partial charge < -0.3 is 5.32 Å². The van der Waals surface area contributed by atoms with E-state index >= 15 is 0 Å². The summed E-state index contributed by atoms with van der Waals surface area (Å²) in [5.41, 5.74) is 4.17. The van der Waals surface area contributed by atoms with Crippen LogP contribution >= 0.6 is 22.7 Å². The summed E-state index contributed by atoms with van der Waals surface area (Å²) in [6.07, 6.45) is 3.28. The van der Waals surface area contributed by atoms with Crippen LogP contribution in [0.1, 0.15) is 32.4 Å². The molecule has 92 valence electrons. The zero-order valence-electron chi connectivity index (χ0n) is 10.2. The molecule has 0 spiro atoms. The van der Waals surface area contributed by atoms with Crippen molar-refractivity contribution in [2.75, 3.05) is 11.9 Å². The summed E-state index contributed by atoms with van der Waals surface area (Å²) in [7, 11) is 0. The number of anilines is 1. The van der Waals surface area contributed by atoms with Crippen molar-refractivity contribution in [2.45, 2.75) is 33.1 Å². The molecular formula is C12H17N3S2. The number of rotatable bonds is 6. The lowest BCUT2D eigenvalue weighted by Crippen LogP contribution is -1.98. The molecule has 0 saturated heterocycles. The minimum absolute atomic E-state index is 0.984. The normalized spacial score (nSPS) is 10.7. The van der Waals surface area contributed by atoms with Gasteiger partial charge in [0.25, 0.3) is 0 Å². The van der Waals surface area contributed by atoms with Gasteiger partial charge in [-0.05, 0) is 12.8 Å². The number of hydrogen-bond acceptors (Lipinski definition) is 5. The molecule has 0 amide bonds. The van der Waals surface area contributed by atoms with E-state index < -0.39 is 0 Å². The van der Waals surface area contributed by atoms with E-state index in [4.69, 9.17) is 0 Å². The third kappa shape index (κ3) is 3.04. The molecule has 5 heteroatoms. The Kier molecular flexibility index (Phi) is 4.50. The number of aromatic nitrogens is 2. The molecule has 17 heavy (non-hydrogen) atoms. The molecule has 2 aromatic rings. The highest BCUT2D eigenvalue weighted by atomic mass is 32.1. The second-order valence-electron chi connectivity index (χ2n) is 3.84. The summed E-state index contributed by atoms with van der Waals surface area (Å²) in [4.78, 5) is 10.3. The van der Waals surface area contributed by atoms with Gasteiger partial charge in [0.2, 0.25) is 0 Å². The predicted octanol–water partition coefficient (Wildman–Crippen LogP) is 4.04. The Morgan fingerprint density at radius 3 is 2.88 bits per heavy atom. The lowest BCUT2D eigenvalue weighted by molar-refractivity contribution is 0.893. The fourth-order valence-corrected chi connectivity index (χ4v) is 3.19. The van der Waals surface area contributed by atoms with Crippen LogP contribution in [-0.4, -0.2) is 16.5 Å². The Hall–Kier alpha value is -0.940. The molecular weight excluding hydrogens is 250 g/mol. The Morgan fingerprint density at radius 1 is 1.24 bits per heavy atom. The van der Waals surface area contributed by atoms with Crippen molar-refractivity contribution >= 4 is 27.8 Å². The van der Waals surface area contributed by atoms with Crippen molar-refractivity contribution in [3.63, 3.8) is 0 Å². The molecule has 2 heterocycles. The van der Waals surface area contributed by atoms with Crippen LogP contribution in [-0.2, 0) is 6.42 Å². The van der Waals surface area contributed by atoms with E-state index in [2.05, 4.69) is 34.5 Å². The standard InChI is InChI=1S/C12H17N3S2/c1-3-5-9-11(17-8-14-9)10-7-16-12(15-10)13-6-4-2/h7-8H,3-6H2,1-2H3,(H,13,15). The summed E-state index contributed by atoms with van der Waals surface area (Å²) in [5, 5.41) is 6.45. The second kappa shape index (κ2) is 6.12. The minimum Gasteiger partial charge on any atom is -0.362 e. The van der Waals surface area contributed by atoms with Crippen molar-refractivity contribution in [1.82, 2.24) is 9.97 Å². The van der Waals surface area contributed by atoms with Gasteiger partial charge in [0, 0.05) is 11.9 Å².